The number of halogens is 1. The summed E-state index contributed by atoms with van der Waals surface area (Å²) in [6.45, 7) is 3.25. The van der Waals surface area contributed by atoms with E-state index in [1.54, 1.807) is 0 Å². The highest BCUT2D eigenvalue weighted by atomic mass is 79.9. The largest absolute Gasteiger partial charge is 0.377 e. The zero-order valence-corrected chi connectivity index (χ0v) is 10.7. The Labute approximate surface area is 94.1 Å². The highest BCUT2D eigenvalue weighted by Gasteiger charge is 2.15. The molecule has 0 aromatic rings. The SMILES string of the molecule is CCC(CBr)CSCC1CCCO1. The van der Waals surface area contributed by atoms with E-state index in [-0.39, 0.29) is 0 Å². The second kappa shape index (κ2) is 7.13. The molecule has 1 rings (SSSR count). The standard InChI is InChI=1S/C10H19BrOS/c1-2-9(6-11)7-13-8-10-4-3-5-12-10/h9-10H,2-8H2,1H3. The minimum absolute atomic E-state index is 0.554. The van der Waals surface area contributed by atoms with Gasteiger partial charge in [0.25, 0.3) is 0 Å². The van der Waals surface area contributed by atoms with Crippen LogP contribution in [0.3, 0.4) is 0 Å². The second-order valence-electron chi connectivity index (χ2n) is 3.60. The van der Waals surface area contributed by atoms with E-state index in [2.05, 4.69) is 34.6 Å². The molecule has 3 heteroatoms. The van der Waals surface area contributed by atoms with Gasteiger partial charge in [-0.05, 0) is 24.5 Å². The Morgan fingerprint density at radius 2 is 2.46 bits per heavy atom. The van der Waals surface area contributed by atoms with Crippen molar-refractivity contribution in [2.75, 3.05) is 23.4 Å². The Balaban J connectivity index is 1.98. The van der Waals surface area contributed by atoms with Gasteiger partial charge in [-0.3, -0.25) is 0 Å². The first-order valence-corrected chi connectivity index (χ1v) is 7.39. The lowest BCUT2D eigenvalue weighted by Crippen LogP contribution is -2.11. The van der Waals surface area contributed by atoms with Crippen LogP contribution in [-0.2, 0) is 4.74 Å². The molecule has 13 heavy (non-hydrogen) atoms. The fourth-order valence-corrected chi connectivity index (χ4v) is 3.75. The molecule has 78 valence electrons. The molecular formula is C10H19BrOS. The molecule has 0 N–H and O–H groups in total. The molecule has 0 amide bonds. The molecule has 0 aliphatic carbocycles. The van der Waals surface area contributed by atoms with E-state index in [9.17, 15) is 0 Å². The molecule has 0 aromatic heterocycles. The number of alkyl halides is 1. The van der Waals surface area contributed by atoms with Crippen LogP contribution in [0.25, 0.3) is 0 Å². The molecule has 1 aliphatic heterocycles. The Morgan fingerprint density at radius 3 is 3.00 bits per heavy atom. The molecule has 1 saturated heterocycles. The van der Waals surface area contributed by atoms with Gasteiger partial charge in [-0.1, -0.05) is 29.3 Å². The molecule has 0 saturated carbocycles. The number of thioether (sulfide) groups is 1. The second-order valence-corrected chi connectivity index (χ2v) is 5.32. The zero-order chi connectivity index (χ0) is 9.52. The van der Waals surface area contributed by atoms with Crippen LogP contribution in [0.4, 0.5) is 0 Å². The van der Waals surface area contributed by atoms with E-state index in [0.717, 1.165) is 17.9 Å². The van der Waals surface area contributed by atoms with E-state index in [0.29, 0.717) is 6.10 Å². The van der Waals surface area contributed by atoms with Crippen LogP contribution in [0.2, 0.25) is 0 Å². The minimum atomic E-state index is 0.554. The summed E-state index contributed by atoms with van der Waals surface area (Å²) >= 11 is 5.60. The third kappa shape index (κ3) is 4.71. The summed E-state index contributed by atoms with van der Waals surface area (Å²) < 4.78 is 5.57. The van der Waals surface area contributed by atoms with Crippen LogP contribution in [0.15, 0.2) is 0 Å². The van der Waals surface area contributed by atoms with Crippen molar-refractivity contribution in [3.05, 3.63) is 0 Å². The van der Waals surface area contributed by atoms with E-state index in [4.69, 9.17) is 4.74 Å². The van der Waals surface area contributed by atoms with Crippen molar-refractivity contribution in [1.82, 2.24) is 0 Å². The van der Waals surface area contributed by atoms with Crippen molar-refractivity contribution in [3.63, 3.8) is 0 Å². The first-order valence-electron chi connectivity index (χ1n) is 5.12. The summed E-state index contributed by atoms with van der Waals surface area (Å²) in [4.78, 5) is 0. The molecule has 2 unspecified atom stereocenters. The quantitative estimate of drug-likeness (QED) is 0.683. The van der Waals surface area contributed by atoms with Crippen LogP contribution in [0.5, 0.6) is 0 Å². The average molecular weight is 267 g/mol. The predicted molar refractivity (Wildman–Crippen MR) is 63.9 cm³/mol. The molecule has 0 bridgehead atoms. The number of hydrogen-bond donors (Lipinski definition) is 0. The summed E-state index contributed by atoms with van der Waals surface area (Å²) in [5.41, 5.74) is 0. The van der Waals surface area contributed by atoms with Crippen molar-refractivity contribution in [3.8, 4) is 0 Å². The maximum Gasteiger partial charge on any atom is 0.0666 e. The molecule has 1 nitrogen and oxygen atoms in total. The van der Waals surface area contributed by atoms with Gasteiger partial charge in [0.05, 0.1) is 6.10 Å². The highest BCUT2D eigenvalue weighted by molar-refractivity contribution is 9.09. The molecular weight excluding hydrogens is 248 g/mol. The van der Waals surface area contributed by atoms with Crippen molar-refractivity contribution < 1.29 is 4.74 Å². The van der Waals surface area contributed by atoms with Gasteiger partial charge in [0.2, 0.25) is 0 Å². The number of ether oxygens (including phenoxy) is 1. The summed E-state index contributed by atoms with van der Waals surface area (Å²) in [6, 6.07) is 0. The summed E-state index contributed by atoms with van der Waals surface area (Å²) in [7, 11) is 0. The fourth-order valence-electron chi connectivity index (χ4n) is 1.41. The van der Waals surface area contributed by atoms with Crippen LogP contribution in [0.1, 0.15) is 26.2 Å². The van der Waals surface area contributed by atoms with Crippen molar-refractivity contribution in [1.29, 1.82) is 0 Å². The van der Waals surface area contributed by atoms with Crippen molar-refractivity contribution in [2.45, 2.75) is 32.3 Å². The maximum absolute atomic E-state index is 5.57. The van der Waals surface area contributed by atoms with Crippen LogP contribution in [-0.4, -0.2) is 29.5 Å². The van der Waals surface area contributed by atoms with E-state index in [1.807, 2.05) is 0 Å². The van der Waals surface area contributed by atoms with E-state index < -0.39 is 0 Å². The van der Waals surface area contributed by atoms with Crippen LogP contribution < -0.4 is 0 Å². The summed E-state index contributed by atoms with van der Waals surface area (Å²) in [5, 5.41) is 1.14. The normalized spacial score (nSPS) is 24.9. The van der Waals surface area contributed by atoms with Gasteiger partial charge in [0.15, 0.2) is 0 Å². The van der Waals surface area contributed by atoms with Gasteiger partial charge < -0.3 is 4.74 Å². The smallest absolute Gasteiger partial charge is 0.0666 e. The fraction of sp³-hybridized carbons (Fsp3) is 1.00. The van der Waals surface area contributed by atoms with E-state index >= 15 is 0 Å². The highest BCUT2D eigenvalue weighted by Crippen LogP contribution is 2.20. The van der Waals surface area contributed by atoms with Gasteiger partial charge in [-0.15, -0.1) is 0 Å². The third-order valence-electron chi connectivity index (χ3n) is 2.48. The molecule has 0 spiro atoms. The van der Waals surface area contributed by atoms with Crippen LogP contribution in [0, 0.1) is 5.92 Å². The Hall–Kier alpha value is 0.790. The summed E-state index contributed by atoms with van der Waals surface area (Å²) in [6.07, 6.45) is 4.38. The Morgan fingerprint density at radius 1 is 1.62 bits per heavy atom. The van der Waals surface area contributed by atoms with Gasteiger partial charge in [-0.2, -0.15) is 11.8 Å². The van der Waals surface area contributed by atoms with Gasteiger partial charge >= 0.3 is 0 Å². The molecule has 0 radical (unpaired) electrons. The van der Waals surface area contributed by atoms with Crippen LogP contribution >= 0.6 is 27.7 Å². The van der Waals surface area contributed by atoms with Crippen molar-refractivity contribution >= 4 is 27.7 Å². The lowest BCUT2D eigenvalue weighted by Gasteiger charge is -2.13. The molecule has 1 heterocycles. The van der Waals surface area contributed by atoms with Crippen molar-refractivity contribution in [2.24, 2.45) is 5.92 Å². The first-order chi connectivity index (χ1) is 6.36. The number of rotatable bonds is 6. The lowest BCUT2D eigenvalue weighted by molar-refractivity contribution is 0.129. The Bertz CT molecular complexity index is 120. The van der Waals surface area contributed by atoms with E-state index in [1.165, 1.54) is 30.8 Å². The zero-order valence-electron chi connectivity index (χ0n) is 8.30. The number of hydrogen-bond acceptors (Lipinski definition) is 2. The molecule has 1 aliphatic rings. The van der Waals surface area contributed by atoms with Gasteiger partial charge in [-0.25, -0.2) is 0 Å². The lowest BCUT2D eigenvalue weighted by atomic mass is 10.2. The first kappa shape index (κ1) is 11.9. The molecule has 2 atom stereocenters. The minimum Gasteiger partial charge on any atom is -0.377 e. The third-order valence-corrected chi connectivity index (χ3v) is 4.71. The van der Waals surface area contributed by atoms with Gasteiger partial charge in [0, 0.05) is 17.7 Å². The summed E-state index contributed by atoms with van der Waals surface area (Å²) in [5.74, 6) is 3.32. The Kier molecular flexibility index (Phi) is 6.51. The van der Waals surface area contributed by atoms with Gasteiger partial charge in [0.1, 0.15) is 0 Å². The maximum atomic E-state index is 5.57. The molecule has 0 aromatic carbocycles. The predicted octanol–water partition coefficient (Wildman–Crippen LogP) is 3.32. The topological polar surface area (TPSA) is 9.23 Å². The average Bonchev–Trinajstić information content (AvgIpc) is 2.65. The monoisotopic (exact) mass is 266 g/mol. The molecule has 1 fully saturated rings.